The number of rotatable bonds is 4. The highest BCUT2D eigenvalue weighted by Gasteiger charge is 2.22. The monoisotopic (exact) mass is 233 g/mol. The van der Waals surface area contributed by atoms with Gasteiger partial charge >= 0.3 is 0 Å². The number of hydrogen-bond acceptors (Lipinski definition) is 3. The molecule has 0 saturated heterocycles. The summed E-state index contributed by atoms with van der Waals surface area (Å²) in [5.41, 5.74) is 1.06. The first-order valence-electron chi connectivity index (χ1n) is 5.70. The first-order valence-corrected chi connectivity index (χ1v) is 5.70. The summed E-state index contributed by atoms with van der Waals surface area (Å²) in [6, 6.07) is 0. The van der Waals surface area contributed by atoms with E-state index >= 15 is 0 Å². The van der Waals surface area contributed by atoms with Gasteiger partial charge in [0.05, 0.1) is 30.3 Å². The van der Waals surface area contributed by atoms with Crippen LogP contribution < -0.4 is 5.32 Å². The van der Waals surface area contributed by atoms with Crippen molar-refractivity contribution in [1.29, 1.82) is 0 Å². The summed E-state index contributed by atoms with van der Waals surface area (Å²) >= 11 is 0. The lowest BCUT2D eigenvalue weighted by Gasteiger charge is -2.25. The predicted octanol–water partition coefficient (Wildman–Crippen LogP) is 1.12. The lowest BCUT2D eigenvalue weighted by molar-refractivity contribution is 0.411. The largest absolute Gasteiger partial charge is 0.337 e. The van der Waals surface area contributed by atoms with E-state index in [1.807, 2.05) is 43.6 Å². The SMILES string of the molecule is CNC(C)(C)c1cncn1Cc1nccn1C. The molecule has 0 radical (unpaired) electrons. The van der Waals surface area contributed by atoms with Crippen LogP contribution in [0.25, 0.3) is 0 Å². The molecule has 2 heterocycles. The molecule has 0 spiro atoms. The van der Waals surface area contributed by atoms with E-state index in [4.69, 9.17) is 0 Å². The molecule has 0 amide bonds. The smallest absolute Gasteiger partial charge is 0.128 e. The first kappa shape index (κ1) is 11.9. The van der Waals surface area contributed by atoms with Crippen molar-refractivity contribution in [2.75, 3.05) is 7.05 Å². The molecule has 0 aliphatic carbocycles. The standard InChI is InChI=1S/C12H19N5/c1-12(2,13-3)10-7-14-9-17(10)8-11-15-5-6-16(11)4/h5-7,9,13H,8H2,1-4H3. The van der Waals surface area contributed by atoms with Crippen LogP contribution in [0.5, 0.6) is 0 Å². The Morgan fingerprint density at radius 1 is 1.41 bits per heavy atom. The molecular formula is C12H19N5. The molecule has 0 aliphatic heterocycles. The van der Waals surface area contributed by atoms with Crippen LogP contribution in [0.15, 0.2) is 24.9 Å². The van der Waals surface area contributed by atoms with Crippen molar-refractivity contribution in [2.24, 2.45) is 7.05 Å². The maximum Gasteiger partial charge on any atom is 0.128 e. The fourth-order valence-electron chi connectivity index (χ4n) is 1.80. The van der Waals surface area contributed by atoms with E-state index < -0.39 is 0 Å². The third kappa shape index (κ3) is 2.24. The average Bonchev–Trinajstić information content (AvgIpc) is 2.90. The second kappa shape index (κ2) is 4.33. The minimum atomic E-state index is -0.0956. The Hall–Kier alpha value is -1.62. The number of nitrogens with one attached hydrogen (secondary N) is 1. The van der Waals surface area contributed by atoms with Gasteiger partial charge in [0.15, 0.2) is 0 Å². The summed E-state index contributed by atoms with van der Waals surface area (Å²) in [6.45, 7) is 5.02. The van der Waals surface area contributed by atoms with Gasteiger partial charge in [-0.1, -0.05) is 0 Å². The van der Waals surface area contributed by atoms with Gasteiger partial charge < -0.3 is 14.5 Å². The summed E-state index contributed by atoms with van der Waals surface area (Å²) in [6.07, 6.45) is 7.52. The molecule has 2 rings (SSSR count). The second-order valence-electron chi connectivity index (χ2n) is 4.74. The van der Waals surface area contributed by atoms with Crippen molar-refractivity contribution in [3.05, 3.63) is 36.4 Å². The second-order valence-corrected chi connectivity index (χ2v) is 4.74. The number of nitrogens with zero attached hydrogens (tertiary/aromatic N) is 4. The Kier molecular flexibility index (Phi) is 3.02. The zero-order valence-electron chi connectivity index (χ0n) is 10.8. The molecule has 0 aromatic carbocycles. The highest BCUT2D eigenvalue weighted by atomic mass is 15.1. The molecule has 0 bridgehead atoms. The van der Waals surface area contributed by atoms with Gasteiger partial charge in [0.1, 0.15) is 5.82 Å². The first-order chi connectivity index (χ1) is 8.04. The Balaban J connectivity index is 2.29. The Bertz CT molecular complexity index is 494. The van der Waals surface area contributed by atoms with E-state index in [9.17, 15) is 0 Å². The number of aryl methyl sites for hydroxylation is 1. The van der Waals surface area contributed by atoms with Crippen LogP contribution in [0.4, 0.5) is 0 Å². The zero-order chi connectivity index (χ0) is 12.5. The minimum Gasteiger partial charge on any atom is -0.337 e. The van der Waals surface area contributed by atoms with E-state index in [1.54, 1.807) is 0 Å². The number of hydrogen-bond donors (Lipinski definition) is 1. The highest BCUT2D eigenvalue weighted by Crippen LogP contribution is 2.19. The summed E-state index contributed by atoms with van der Waals surface area (Å²) in [4.78, 5) is 8.57. The number of imidazole rings is 2. The molecule has 92 valence electrons. The van der Waals surface area contributed by atoms with Gasteiger partial charge in [-0.3, -0.25) is 0 Å². The average molecular weight is 233 g/mol. The molecule has 0 saturated carbocycles. The van der Waals surface area contributed by atoms with Gasteiger partial charge in [-0.15, -0.1) is 0 Å². The summed E-state index contributed by atoms with van der Waals surface area (Å²) in [5.74, 6) is 1.02. The van der Waals surface area contributed by atoms with Crippen LogP contribution in [0.2, 0.25) is 0 Å². The van der Waals surface area contributed by atoms with Gasteiger partial charge in [0.25, 0.3) is 0 Å². The Morgan fingerprint density at radius 2 is 2.18 bits per heavy atom. The van der Waals surface area contributed by atoms with Gasteiger partial charge in [-0.25, -0.2) is 9.97 Å². The quantitative estimate of drug-likeness (QED) is 0.861. The summed E-state index contributed by atoms with van der Waals surface area (Å²) in [7, 11) is 3.96. The van der Waals surface area contributed by atoms with Crippen LogP contribution in [0, 0.1) is 0 Å². The van der Waals surface area contributed by atoms with Gasteiger partial charge in [-0.05, 0) is 20.9 Å². The maximum atomic E-state index is 4.33. The van der Waals surface area contributed by atoms with Crippen molar-refractivity contribution in [3.8, 4) is 0 Å². The summed E-state index contributed by atoms with van der Waals surface area (Å²) < 4.78 is 4.15. The molecule has 5 heteroatoms. The van der Waals surface area contributed by atoms with E-state index in [0.717, 1.165) is 18.1 Å². The normalized spacial score (nSPS) is 12.0. The molecule has 1 N–H and O–H groups in total. The van der Waals surface area contributed by atoms with Gasteiger partial charge in [0, 0.05) is 19.4 Å². The Morgan fingerprint density at radius 3 is 2.76 bits per heavy atom. The van der Waals surface area contributed by atoms with Crippen molar-refractivity contribution in [1.82, 2.24) is 24.4 Å². The fraction of sp³-hybridized carbons (Fsp3) is 0.500. The van der Waals surface area contributed by atoms with E-state index in [-0.39, 0.29) is 5.54 Å². The lowest BCUT2D eigenvalue weighted by atomic mass is 10.0. The molecule has 0 atom stereocenters. The van der Waals surface area contributed by atoms with Crippen LogP contribution in [0.3, 0.4) is 0 Å². The van der Waals surface area contributed by atoms with E-state index in [1.165, 1.54) is 0 Å². The predicted molar refractivity (Wildman–Crippen MR) is 66.6 cm³/mol. The molecular weight excluding hydrogens is 214 g/mol. The van der Waals surface area contributed by atoms with Crippen LogP contribution in [-0.2, 0) is 19.1 Å². The molecule has 17 heavy (non-hydrogen) atoms. The molecule has 5 nitrogen and oxygen atoms in total. The Labute approximate surface area is 102 Å². The van der Waals surface area contributed by atoms with Gasteiger partial charge in [0.2, 0.25) is 0 Å². The molecule has 0 fully saturated rings. The van der Waals surface area contributed by atoms with E-state index in [2.05, 4.69) is 33.7 Å². The van der Waals surface area contributed by atoms with E-state index in [0.29, 0.717) is 0 Å². The topological polar surface area (TPSA) is 47.7 Å². The van der Waals surface area contributed by atoms with Crippen molar-refractivity contribution >= 4 is 0 Å². The fourth-order valence-corrected chi connectivity index (χ4v) is 1.80. The molecule has 0 unspecified atom stereocenters. The molecule has 2 aromatic heterocycles. The van der Waals surface area contributed by atoms with Crippen LogP contribution >= 0.6 is 0 Å². The third-order valence-electron chi connectivity index (χ3n) is 3.21. The van der Waals surface area contributed by atoms with Crippen LogP contribution in [0.1, 0.15) is 25.4 Å². The van der Waals surface area contributed by atoms with Crippen molar-refractivity contribution < 1.29 is 0 Å². The molecule has 2 aromatic rings. The van der Waals surface area contributed by atoms with Crippen molar-refractivity contribution in [2.45, 2.75) is 25.9 Å². The zero-order valence-corrected chi connectivity index (χ0v) is 10.8. The lowest BCUT2D eigenvalue weighted by Crippen LogP contribution is -2.35. The van der Waals surface area contributed by atoms with Crippen LogP contribution in [-0.4, -0.2) is 26.1 Å². The van der Waals surface area contributed by atoms with Gasteiger partial charge in [-0.2, -0.15) is 0 Å². The summed E-state index contributed by atoms with van der Waals surface area (Å²) in [5, 5.41) is 3.29. The molecule has 0 aliphatic rings. The minimum absolute atomic E-state index is 0.0956. The third-order valence-corrected chi connectivity index (χ3v) is 3.21. The van der Waals surface area contributed by atoms with Crippen molar-refractivity contribution in [3.63, 3.8) is 0 Å². The highest BCUT2D eigenvalue weighted by molar-refractivity contribution is 5.12. The maximum absolute atomic E-state index is 4.33. The number of aromatic nitrogens is 4.